The van der Waals surface area contributed by atoms with Crippen molar-refractivity contribution < 1.29 is 9.47 Å². The quantitative estimate of drug-likeness (QED) is 0.886. The summed E-state index contributed by atoms with van der Waals surface area (Å²) >= 11 is 0. The van der Waals surface area contributed by atoms with E-state index in [9.17, 15) is 0 Å². The van der Waals surface area contributed by atoms with Crippen LogP contribution in [-0.4, -0.2) is 31.9 Å². The molecule has 0 heterocycles. The van der Waals surface area contributed by atoms with Crippen LogP contribution in [0.2, 0.25) is 0 Å². The first-order valence-electron chi connectivity index (χ1n) is 7.08. The fourth-order valence-corrected chi connectivity index (χ4v) is 2.73. The molecule has 2 rings (SSSR count). The van der Waals surface area contributed by atoms with E-state index in [2.05, 4.69) is 45.1 Å². The molecule has 3 heteroatoms. The van der Waals surface area contributed by atoms with Gasteiger partial charge in [-0.25, -0.2) is 0 Å². The van der Waals surface area contributed by atoms with Crippen molar-refractivity contribution >= 4 is 0 Å². The summed E-state index contributed by atoms with van der Waals surface area (Å²) in [5, 5.41) is 3.43. The van der Waals surface area contributed by atoms with Gasteiger partial charge in [-0.1, -0.05) is 19.1 Å². The highest BCUT2D eigenvalue weighted by atomic mass is 16.5. The summed E-state index contributed by atoms with van der Waals surface area (Å²) in [6.07, 6.45) is 1.33. The number of methoxy groups -OCH3 is 1. The highest BCUT2D eigenvalue weighted by molar-refractivity contribution is 5.44. The van der Waals surface area contributed by atoms with Gasteiger partial charge in [-0.05, 0) is 44.0 Å². The van der Waals surface area contributed by atoms with Gasteiger partial charge in [0.15, 0.2) is 0 Å². The van der Waals surface area contributed by atoms with Gasteiger partial charge in [0.05, 0.1) is 0 Å². The molecule has 1 aromatic carbocycles. The summed E-state index contributed by atoms with van der Waals surface area (Å²) in [6.45, 7) is 9.44. The Hall–Kier alpha value is -1.06. The smallest absolute Gasteiger partial charge is 0.128 e. The zero-order chi connectivity index (χ0) is 14.0. The van der Waals surface area contributed by atoms with Crippen molar-refractivity contribution in [1.29, 1.82) is 0 Å². The molecular formula is C16H25NO2. The Morgan fingerprint density at radius 2 is 1.89 bits per heavy atom. The lowest BCUT2D eigenvalue weighted by Crippen LogP contribution is -2.61. The second-order valence-corrected chi connectivity index (χ2v) is 5.41. The van der Waals surface area contributed by atoms with Gasteiger partial charge in [0, 0.05) is 19.6 Å². The first kappa shape index (κ1) is 14.4. The van der Waals surface area contributed by atoms with Crippen LogP contribution in [0.4, 0.5) is 0 Å². The fraction of sp³-hybridized carbons (Fsp3) is 0.625. The van der Waals surface area contributed by atoms with Gasteiger partial charge in [0.2, 0.25) is 0 Å². The van der Waals surface area contributed by atoms with Gasteiger partial charge in [-0.3, -0.25) is 0 Å². The van der Waals surface area contributed by atoms with E-state index < -0.39 is 0 Å². The fourth-order valence-electron chi connectivity index (χ4n) is 2.73. The number of benzene rings is 1. The van der Waals surface area contributed by atoms with E-state index in [0.717, 1.165) is 18.7 Å². The van der Waals surface area contributed by atoms with E-state index in [0.29, 0.717) is 6.04 Å². The Morgan fingerprint density at radius 1 is 1.21 bits per heavy atom. The highest BCUT2D eigenvalue weighted by Crippen LogP contribution is 2.33. The number of nitrogens with one attached hydrogen (secondary N) is 1. The average molecular weight is 263 g/mol. The zero-order valence-electron chi connectivity index (χ0n) is 12.6. The van der Waals surface area contributed by atoms with Crippen LogP contribution >= 0.6 is 0 Å². The minimum atomic E-state index is 0.152. The normalized spacial score (nSPS) is 26.1. The van der Waals surface area contributed by atoms with Gasteiger partial charge in [0.1, 0.15) is 18.0 Å². The van der Waals surface area contributed by atoms with Crippen molar-refractivity contribution in [3.8, 4) is 5.75 Å². The first-order valence-corrected chi connectivity index (χ1v) is 7.08. The number of aryl methyl sites for hydroxylation is 2. The Kier molecular flexibility index (Phi) is 4.48. The molecule has 1 aliphatic carbocycles. The third-order valence-electron chi connectivity index (χ3n) is 4.13. The van der Waals surface area contributed by atoms with Crippen LogP contribution in [0.15, 0.2) is 12.1 Å². The Morgan fingerprint density at radius 3 is 2.53 bits per heavy atom. The van der Waals surface area contributed by atoms with Crippen LogP contribution in [0.5, 0.6) is 5.75 Å². The Bertz CT molecular complexity index is 445. The molecule has 0 bridgehead atoms. The summed E-state index contributed by atoms with van der Waals surface area (Å²) in [4.78, 5) is 0. The van der Waals surface area contributed by atoms with Crippen LogP contribution in [0.1, 0.15) is 30.0 Å². The third kappa shape index (κ3) is 2.77. The van der Waals surface area contributed by atoms with Crippen molar-refractivity contribution in [2.45, 2.75) is 52.4 Å². The molecule has 3 atom stereocenters. The standard InChI is InChI=1S/C16H25NO2/c1-6-17-13-9-14(16(13)18-5)19-15-11(3)8-7-10(2)12(15)4/h7-8,13-14,16-17H,6,9H2,1-5H3. The molecule has 0 aromatic heterocycles. The Balaban J connectivity index is 2.09. The molecule has 3 unspecified atom stereocenters. The maximum atomic E-state index is 6.21. The van der Waals surface area contributed by atoms with Gasteiger partial charge in [-0.15, -0.1) is 0 Å². The minimum Gasteiger partial charge on any atom is -0.487 e. The molecule has 19 heavy (non-hydrogen) atoms. The summed E-state index contributed by atoms with van der Waals surface area (Å²) in [6, 6.07) is 4.69. The predicted octanol–water partition coefficient (Wildman–Crippen LogP) is 2.76. The molecule has 1 aromatic rings. The van der Waals surface area contributed by atoms with E-state index in [4.69, 9.17) is 9.47 Å². The number of hydrogen-bond acceptors (Lipinski definition) is 3. The maximum absolute atomic E-state index is 6.21. The predicted molar refractivity (Wildman–Crippen MR) is 77.9 cm³/mol. The monoisotopic (exact) mass is 263 g/mol. The van der Waals surface area contributed by atoms with E-state index in [1.165, 1.54) is 16.7 Å². The largest absolute Gasteiger partial charge is 0.487 e. The van der Waals surface area contributed by atoms with E-state index in [1.54, 1.807) is 7.11 Å². The molecule has 3 nitrogen and oxygen atoms in total. The molecule has 0 aliphatic heterocycles. The van der Waals surface area contributed by atoms with Crippen LogP contribution in [0, 0.1) is 20.8 Å². The molecule has 0 saturated heterocycles. The van der Waals surface area contributed by atoms with Crippen molar-refractivity contribution in [2.24, 2.45) is 0 Å². The maximum Gasteiger partial charge on any atom is 0.128 e. The highest BCUT2D eigenvalue weighted by Gasteiger charge is 2.43. The number of ether oxygens (including phenoxy) is 2. The van der Waals surface area contributed by atoms with Crippen LogP contribution in [-0.2, 0) is 4.74 Å². The van der Waals surface area contributed by atoms with E-state index in [-0.39, 0.29) is 12.2 Å². The minimum absolute atomic E-state index is 0.152. The lowest BCUT2D eigenvalue weighted by atomic mass is 9.85. The van der Waals surface area contributed by atoms with Gasteiger partial charge in [-0.2, -0.15) is 0 Å². The molecule has 1 N–H and O–H groups in total. The summed E-state index contributed by atoms with van der Waals surface area (Å²) in [5.74, 6) is 1.03. The number of rotatable bonds is 5. The summed E-state index contributed by atoms with van der Waals surface area (Å²) in [5.41, 5.74) is 3.71. The average Bonchev–Trinajstić information content (AvgIpc) is 2.37. The first-order chi connectivity index (χ1) is 9.08. The van der Waals surface area contributed by atoms with Crippen LogP contribution in [0.3, 0.4) is 0 Å². The third-order valence-corrected chi connectivity index (χ3v) is 4.13. The van der Waals surface area contributed by atoms with E-state index in [1.807, 2.05) is 0 Å². The number of hydrogen-bond donors (Lipinski definition) is 1. The van der Waals surface area contributed by atoms with Gasteiger partial charge in [0.25, 0.3) is 0 Å². The van der Waals surface area contributed by atoms with Gasteiger partial charge >= 0.3 is 0 Å². The molecular weight excluding hydrogens is 238 g/mol. The van der Waals surface area contributed by atoms with Crippen molar-refractivity contribution in [3.05, 3.63) is 28.8 Å². The summed E-state index contributed by atoms with van der Waals surface area (Å²) < 4.78 is 11.8. The second-order valence-electron chi connectivity index (χ2n) is 5.41. The SMILES string of the molecule is CCNC1CC(Oc2c(C)ccc(C)c2C)C1OC. The summed E-state index contributed by atoms with van der Waals surface area (Å²) in [7, 11) is 1.76. The molecule has 106 valence electrons. The molecule has 0 amide bonds. The second kappa shape index (κ2) is 5.93. The van der Waals surface area contributed by atoms with Crippen LogP contribution < -0.4 is 10.1 Å². The lowest BCUT2D eigenvalue weighted by Gasteiger charge is -2.44. The number of likely N-dealkylation sites (N-methyl/N-ethyl adjacent to an activating group) is 1. The molecule has 1 saturated carbocycles. The van der Waals surface area contributed by atoms with Crippen LogP contribution in [0.25, 0.3) is 0 Å². The van der Waals surface area contributed by atoms with E-state index >= 15 is 0 Å². The molecule has 0 spiro atoms. The van der Waals surface area contributed by atoms with Gasteiger partial charge < -0.3 is 14.8 Å². The molecule has 1 aliphatic rings. The van der Waals surface area contributed by atoms with Crippen molar-refractivity contribution in [2.75, 3.05) is 13.7 Å². The lowest BCUT2D eigenvalue weighted by molar-refractivity contribution is -0.0888. The molecule has 0 radical (unpaired) electrons. The Labute approximate surface area is 116 Å². The van der Waals surface area contributed by atoms with Crippen molar-refractivity contribution in [1.82, 2.24) is 5.32 Å². The van der Waals surface area contributed by atoms with Crippen molar-refractivity contribution in [3.63, 3.8) is 0 Å². The zero-order valence-corrected chi connectivity index (χ0v) is 12.6. The topological polar surface area (TPSA) is 30.5 Å². The molecule has 1 fully saturated rings.